The number of rotatable bonds is 4. The van der Waals surface area contributed by atoms with E-state index in [9.17, 15) is 9.59 Å². The van der Waals surface area contributed by atoms with E-state index in [1.165, 1.54) is 11.8 Å². The van der Waals surface area contributed by atoms with Gasteiger partial charge in [0, 0.05) is 0 Å². The van der Waals surface area contributed by atoms with Crippen molar-refractivity contribution in [3.05, 3.63) is 0 Å². The van der Waals surface area contributed by atoms with Gasteiger partial charge < -0.3 is 5.11 Å². The third kappa shape index (κ3) is 4.30. The molecule has 0 aliphatic rings. The fourth-order valence-electron chi connectivity index (χ4n) is 0.497. The van der Waals surface area contributed by atoms with E-state index < -0.39 is 5.97 Å². The summed E-state index contributed by atoms with van der Waals surface area (Å²) in [4.78, 5) is 21.5. The van der Waals surface area contributed by atoms with Crippen molar-refractivity contribution < 1.29 is 14.7 Å². The topological polar surface area (TPSA) is 57.6 Å². The van der Waals surface area contributed by atoms with E-state index in [1.54, 1.807) is 0 Å². The zero-order valence-corrected chi connectivity index (χ0v) is 8.15. The molecule has 0 saturated carbocycles. The summed E-state index contributed by atoms with van der Waals surface area (Å²) < 4.78 is 0.301. The highest BCUT2D eigenvalue weighted by Gasteiger charge is 2.11. The molecular weight excluding hydrogens is 198 g/mol. The van der Waals surface area contributed by atoms with Crippen molar-refractivity contribution in [1.29, 1.82) is 0 Å². The van der Waals surface area contributed by atoms with Crippen LogP contribution in [0.25, 0.3) is 0 Å². The Labute approximate surface area is 79.9 Å². The lowest BCUT2D eigenvalue weighted by molar-refractivity contribution is -0.139. The normalized spacial score (nSPS) is 9.08. The molecule has 12 heavy (non-hydrogen) atoms. The molecule has 0 aromatic heterocycles. The molecule has 68 valence electrons. The van der Waals surface area contributed by atoms with Crippen LogP contribution in [0.3, 0.4) is 0 Å². The Balaban J connectivity index is 4.05. The number of hydrogen-bond donors (Lipinski definition) is 1. The van der Waals surface area contributed by atoms with Gasteiger partial charge in [-0.25, -0.2) is 0 Å². The summed E-state index contributed by atoms with van der Waals surface area (Å²) in [6.07, 6.45) is 0.430. The van der Waals surface area contributed by atoms with Crippen LogP contribution in [0.1, 0.15) is 6.92 Å². The maximum absolute atomic E-state index is 10.3. The molecule has 0 spiro atoms. The van der Waals surface area contributed by atoms with Crippen molar-refractivity contribution in [2.45, 2.75) is 6.92 Å². The molecule has 1 amide bonds. The molecule has 0 fully saturated rings. The van der Waals surface area contributed by atoms with E-state index in [-0.39, 0.29) is 6.54 Å². The predicted molar refractivity (Wildman–Crippen MR) is 51.1 cm³/mol. The van der Waals surface area contributed by atoms with Gasteiger partial charge in [-0.3, -0.25) is 14.5 Å². The number of carbonyl (C=O) groups excluding carboxylic acids is 1. The largest absolute Gasteiger partial charge is 0.480 e. The molecule has 0 aliphatic carbocycles. The van der Waals surface area contributed by atoms with Gasteiger partial charge in [-0.1, -0.05) is 30.9 Å². The number of hydrogen-bond acceptors (Lipinski definition) is 4. The van der Waals surface area contributed by atoms with E-state index in [1.807, 2.05) is 6.92 Å². The fourth-order valence-corrected chi connectivity index (χ4v) is 1.48. The number of amides is 1. The Kier molecular flexibility index (Phi) is 5.65. The van der Waals surface area contributed by atoms with E-state index >= 15 is 0 Å². The van der Waals surface area contributed by atoms with Crippen molar-refractivity contribution in [3.8, 4) is 0 Å². The fraction of sp³-hybridized carbons (Fsp3) is 0.500. The van der Waals surface area contributed by atoms with Crippen LogP contribution in [0.15, 0.2) is 0 Å². The lowest BCUT2D eigenvalue weighted by Crippen LogP contribution is -2.31. The Bertz CT molecular complexity index is 195. The first-order valence-electron chi connectivity index (χ1n) is 3.22. The van der Waals surface area contributed by atoms with Gasteiger partial charge in [0.25, 0.3) is 0 Å². The number of nitrogens with zero attached hydrogens (tertiary/aromatic N) is 1. The monoisotopic (exact) mass is 207 g/mol. The number of carboxylic acid groups (broad SMARTS) is 1. The van der Waals surface area contributed by atoms with Crippen LogP contribution >= 0.6 is 24.0 Å². The van der Waals surface area contributed by atoms with Crippen LogP contribution in [-0.2, 0) is 9.59 Å². The van der Waals surface area contributed by atoms with Crippen LogP contribution < -0.4 is 0 Å². The molecular formula is C6H9NO3S2. The molecule has 0 unspecified atom stereocenters. The zero-order chi connectivity index (χ0) is 9.56. The van der Waals surface area contributed by atoms with Crippen molar-refractivity contribution in [1.82, 2.24) is 4.90 Å². The van der Waals surface area contributed by atoms with Crippen LogP contribution in [0.2, 0.25) is 0 Å². The second kappa shape index (κ2) is 5.96. The number of carbonyl (C=O) groups is 2. The molecule has 1 N–H and O–H groups in total. The third-order valence-corrected chi connectivity index (χ3v) is 2.29. The average Bonchev–Trinajstić information content (AvgIpc) is 2.00. The van der Waals surface area contributed by atoms with Crippen LogP contribution in [0.4, 0.5) is 0 Å². The lowest BCUT2D eigenvalue weighted by Gasteiger charge is -2.13. The van der Waals surface area contributed by atoms with Crippen LogP contribution in [0, 0.1) is 0 Å². The van der Waals surface area contributed by atoms with Gasteiger partial charge in [-0.15, -0.1) is 0 Å². The molecule has 0 radical (unpaired) electrons. The summed E-state index contributed by atoms with van der Waals surface area (Å²) >= 11 is 6.06. The molecule has 0 bridgehead atoms. The minimum Gasteiger partial charge on any atom is -0.480 e. The van der Waals surface area contributed by atoms with E-state index in [0.717, 1.165) is 10.7 Å². The molecule has 0 aliphatic heterocycles. The molecule has 0 heterocycles. The molecule has 0 saturated heterocycles. The summed E-state index contributed by atoms with van der Waals surface area (Å²) in [6.45, 7) is 1.51. The maximum atomic E-state index is 10.3. The summed E-state index contributed by atoms with van der Waals surface area (Å²) in [6, 6.07) is 0. The third-order valence-electron chi connectivity index (χ3n) is 0.935. The Morgan fingerprint density at radius 3 is 2.67 bits per heavy atom. The van der Waals surface area contributed by atoms with Crippen LogP contribution in [-0.4, -0.2) is 39.0 Å². The van der Waals surface area contributed by atoms with Gasteiger partial charge in [0.2, 0.25) is 6.41 Å². The summed E-state index contributed by atoms with van der Waals surface area (Å²) in [5.41, 5.74) is 0. The SMILES string of the molecule is CCSC(=S)N(C=O)CC(=O)O. The lowest BCUT2D eigenvalue weighted by atomic mass is 10.6. The zero-order valence-electron chi connectivity index (χ0n) is 6.52. The number of aliphatic carboxylic acids is 1. The predicted octanol–water partition coefficient (Wildman–Crippen LogP) is 0.567. The average molecular weight is 207 g/mol. The van der Waals surface area contributed by atoms with Gasteiger partial charge in [0.15, 0.2) is 0 Å². The smallest absolute Gasteiger partial charge is 0.323 e. The second-order valence-electron chi connectivity index (χ2n) is 1.83. The van der Waals surface area contributed by atoms with Gasteiger partial charge in [-0.05, 0) is 5.75 Å². The quantitative estimate of drug-likeness (QED) is 0.539. The Morgan fingerprint density at radius 1 is 1.75 bits per heavy atom. The maximum Gasteiger partial charge on any atom is 0.323 e. The first-order chi connectivity index (χ1) is 5.61. The molecule has 0 aromatic carbocycles. The minimum absolute atomic E-state index is 0.301. The van der Waals surface area contributed by atoms with Crippen molar-refractivity contribution >= 4 is 40.7 Å². The van der Waals surface area contributed by atoms with Crippen molar-refractivity contribution in [2.24, 2.45) is 0 Å². The number of thiocarbonyl (C=S) groups is 1. The van der Waals surface area contributed by atoms with Crippen LogP contribution in [0.5, 0.6) is 0 Å². The van der Waals surface area contributed by atoms with E-state index in [2.05, 4.69) is 0 Å². The van der Waals surface area contributed by atoms with E-state index in [4.69, 9.17) is 17.3 Å². The van der Waals surface area contributed by atoms with Gasteiger partial charge in [0.1, 0.15) is 10.9 Å². The van der Waals surface area contributed by atoms with Gasteiger partial charge in [0.05, 0.1) is 0 Å². The summed E-state index contributed by atoms with van der Waals surface area (Å²) in [7, 11) is 0. The highest BCUT2D eigenvalue weighted by Crippen LogP contribution is 2.06. The van der Waals surface area contributed by atoms with Crippen molar-refractivity contribution in [2.75, 3.05) is 12.3 Å². The standard InChI is InChI=1S/C6H9NO3S2/c1-2-12-6(11)7(4-8)3-5(9)10/h4H,2-3H2,1H3,(H,9,10). The second-order valence-corrected chi connectivity index (χ2v) is 3.72. The molecule has 6 heteroatoms. The molecule has 0 rings (SSSR count). The van der Waals surface area contributed by atoms with E-state index in [0.29, 0.717) is 10.7 Å². The number of carboxylic acids is 1. The highest BCUT2D eigenvalue weighted by atomic mass is 32.2. The van der Waals surface area contributed by atoms with Crippen molar-refractivity contribution in [3.63, 3.8) is 0 Å². The molecule has 0 aromatic rings. The summed E-state index contributed by atoms with van der Waals surface area (Å²) in [5, 5.41) is 8.36. The minimum atomic E-state index is -1.07. The Hall–Kier alpha value is -0.620. The Morgan fingerprint density at radius 2 is 2.33 bits per heavy atom. The first kappa shape index (κ1) is 11.4. The molecule has 0 atom stereocenters. The molecule has 4 nitrogen and oxygen atoms in total. The van der Waals surface area contributed by atoms with Gasteiger partial charge >= 0.3 is 5.97 Å². The van der Waals surface area contributed by atoms with Gasteiger partial charge in [-0.2, -0.15) is 0 Å². The highest BCUT2D eigenvalue weighted by molar-refractivity contribution is 8.22. The summed E-state index contributed by atoms with van der Waals surface area (Å²) in [5.74, 6) is -0.343. The first-order valence-corrected chi connectivity index (χ1v) is 4.61. The number of thioether (sulfide) groups is 1.